The molecule has 0 fully saturated rings. The van der Waals surface area contributed by atoms with Crippen molar-refractivity contribution in [3.8, 4) is 0 Å². The lowest BCUT2D eigenvalue weighted by Crippen LogP contribution is -2.59. The number of carbonyl (C=O) groups excluding carboxylic acids is 2. The van der Waals surface area contributed by atoms with Crippen LogP contribution in [0.3, 0.4) is 0 Å². The zero-order chi connectivity index (χ0) is 20.0. The Kier molecular flexibility index (Phi) is 6.89. The van der Waals surface area contributed by atoms with Crippen LogP contribution in [0.1, 0.15) is 29.9 Å². The first kappa shape index (κ1) is 20.8. The minimum atomic E-state index is -1.78. The van der Waals surface area contributed by atoms with Gasteiger partial charge in [0.25, 0.3) is 5.91 Å². The van der Waals surface area contributed by atoms with E-state index in [1.165, 1.54) is 32.4 Å². The van der Waals surface area contributed by atoms with Crippen LogP contribution < -0.4 is 10.6 Å². The second kappa shape index (κ2) is 8.94. The van der Waals surface area contributed by atoms with E-state index in [2.05, 4.69) is 20.6 Å². The van der Waals surface area contributed by atoms with E-state index in [1.54, 1.807) is 24.3 Å². The number of carbonyl (C=O) groups is 2. The van der Waals surface area contributed by atoms with Crippen LogP contribution in [-0.4, -0.2) is 50.4 Å². The summed E-state index contributed by atoms with van der Waals surface area (Å²) in [6.07, 6.45) is 4.25. The first-order valence-corrected chi connectivity index (χ1v) is 8.57. The average molecular weight is 391 g/mol. The molecular weight excluding hydrogens is 370 g/mol. The topological polar surface area (TPSA) is 124 Å². The van der Waals surface area contributed by atoms with Gasteiger partial charge in [0.1, 0.15) is 11.2 Å². The molecule has 2 amide bonds. The van der Waals surface area contributed by atoms with E-state index in [0.717, 1.165) is 5.56 Å². The smallest absolute Gasteiger partial charge is 0.426 e. The average Bonchev–Trinajstić information content (AvgIpc) is 2.63. The van der Waals surface area contributed by atoms with Crippen LogP contribution in [0.15, 0.2) is 42.9 Å². The summed E-state index contributed by atoms with van der Waals surface area (Å²) in [6.45, 7) is 3.00. The Morgan fingerprint density at radius 1 is 1.22 bits per heavy atom. The molecule has 0 aliphatic carbocycles. The van der Waals surface area contributed by atoms with E-state index in [9.17, 15) is 19.6 Å². The van der Waals surface area contributed by atoms with Crippen LogP contribution in [0.4, 0.5) is 0 Å². The second-order valence-electron chi connectivity index (χ2n) is 6.49. The van der Waals surface area contributed by atoms with Gasteiger partial charge in [0.15, 0.2) is 0 Å². The Morgan fingerprint density at radius 2 is 1.89 bits per heavy atom. The van der Waals surface area contributed by atoms with Crippen LogP contribution in [0.25, 0.3) is 0 Å². The van der Waals surface area contributed by atoms with Crippen LogP contribution >= 0.6 is 11.6 Å². The summed E-state index contributed by atoms with van der Waals surface area (Å²) in [5, 5.41) is 24.9. The fraction of sp³-hybridized carbons (Fsp3) is 0.294. The van der Waals surface area contributed by atoms with Gasteiger partial charge >= 0.3 is 7.12 Å². The summed E-state index contributed by atoms with van der Waals surface area (Å²) in [6, 6.07) is 6.80. The molecule has 27 heavy (non-hydrogen) atoms. The second-order valence-corrected chi connectivity index (χ2v) is 6.93. The van der Waals surface area contributed by atoms with Crippen molar-refractivity contribution >= 4 is 30.5 Å². The molecule has 1 atom stereocenters. The Hall–Kier alpha value is -2.49. The van der Waals surface area contributed by atoms with Crippen LogP contribution in [-0.2, 0) is 11.2 Å². The SMILES string of the molecule is CC(C)(NC(=O)c1cnccn1)C(=O)N[C@@H](Cc1ccc(Cl)cc1)B(O)O. The van der Waals surface area contributed by atoms with Gasteiger partial charge in [0.2, 0.25) is 5.91 Å². The van der Waals surface area contributed by atoms with Gasteiger partial charge in [-0.2, -0.15) is 0 Å². The van der Waals surface area contributed by atoms with Crippen LogP contribution in [0.5, 0.6) is 0 Å². The molecule has 1 aromatic carbocycles. The molecule has 0 aliphatic heterocycles. The van der Waals surface area contributed by atoms with E-state index in [4.69, 9.17) is 11.6 Å². The lowest BCUT2D eigenvalue weighted by atomic mass is 9.75. The van der Waals surface area contributed by atoms with Gasteiger partial charge in [-0.3, -0.25) is 14.6 Å². The molecule has 0 aliphatic rings. The molecule has 10 heteroatoms. The highest BCUT2D eigenvalue weighted by molar-refractivity contribution is 6.43. The standard InChI is InChI=1S/C17H20BClN4O4/c1-17(2,23-15(24)13-10-20-7-8-21-13)16(25)22-14(18(26)27)9-11-3-5-12(19)6-4-11/h3-8,10,14,26-27H,9H2,1-2H3,(H,22,25)(H,23,24)/t14-/m0/s1. The van der Waals surface area contributed by atoms with Crippen molar-refractivity contribution in [2.75, 3.05) is 0 Å². The minimum Gasteiger partial charge on any atom is -0.426 e. The normalized spacial score (nSPS) is 12.2. The quantitative estimate of drug-likeness (QED) is 0.507. The molecule has 2 aromatic rings. The molecule has 0 spiro atoms. The van der Waals surface area contributed by atoms with E-state index in [-0.39, 0.29) is 12.1 Å². The number of nitrogens with zero attached hydrogens (tertiary/aromatic N) is 2. The predicted octanol–water partition coefficient (Wildman–Crippen LogP) is 0.378. The summed E-state index contributed by atoms with van der Waals surface area (Å²) >= 11 is 5.84. The number of halogens is 1. The van der Waals surface area contributed by atoms with Gasteiger partial charge in [-0.25, -0.2) is 4.98 Å². The number of amides is 2. The lowest BCUT2D eigenvalue weighted by Gasteiger charge is -2.28. The van der Waals surface area contributed by atoms with Gasteiger partial charge in [-0.05, 0) is 38.0 Å². The molecule has 0 saturated heterocycles. The first-order chi connectivity index (χ1) is 12.7. The molecule has 0 radical (unpaired) electrons. The van der Waals surface area contributed by atoms with E-state index < -0.39 is 30.4 Å². The van der Waals surface area contributed by atoms with Gasteiger partial charge in [-0.15, -0.1) is 0 Å². The van der Waals surface area contributed by atoms with Crippen molar-refractivity contribution in [3.63, 3.8) is 0 Å². The van der Waals surface area contributed by atoms with Crippen LogP contribution in [0, 0.1) is 0 Å². The maximum absolute atomic E-state index is 12.6. The van der Waals surface area contributed by atoms with Gasteiger partial charge < -0.3 is 20.7 Å². The summed E-state index contributed by atoms with van der Waals surface area (Å²) in [5.74, 6) is -2.11. The Bertz CT molecular complexity index is 787. The van der Waals surface area contributed by atoms with Crippen molar-refractivity contribution in [3.05, 3.63) is 59.1 Å². The Balaban J connectivity index is 2.04. The van der Waals surface area contributed by atoms with E-state index in [0.29, 0.717) is 5.02 Å². The number of rotatable bonds is 7. The molecule has 0 unspecified atom stereocenters. The zero-order valence-electron chi connectivity index (χ0n) is 14.9. The summed E-state index contributed by atoms with van der Waals surface area (Å²) < 4.78 is 0. The third-order valence-corrected chi connectivity index (χ3v) is 4.09. The van der Waals surface area contributed by atoms with Gasteiger partial charge in [0, 0.05) is 17.4 Å². The van der Waals surface area contributed by atoms with Crippen molar-refractivity contribution in [2.45, 2.75) is 31.7 Å². The lowest BCUT2D eigenvalue weighted by molar-refractivity contribution is -0.126. The zero-order valence-corrected chi connectivity index (χ0v) is 15.6. The van der Waals surface area contributed by atoms with Crippen molar-refractivity contribution < 1.29 is 19.6 Å². The molecule has 2 rings (SSSR count). The summed E-state index contributed by atoms with van der Waals surface area (Å²) in [5.41, 5.74) is -0.487. The van der Waals surface area contributed by atoms with Gasteiger partial charge in [-0.1, -0.05) is 23.7 Å². The largest absolute Gasteiger partial charge is 0.475 e. The molecule has 0 bridgehead atoms. The molecule has 0 saturated carbocycles. The van der Waals surface area contributed by atoms with Crippen molar-refractivity contribution in [1.29, 1.82) is 0 Å². The highest BCUT2D eigenvalue weighted by Crippen LogP contribution is 2.12. The molecule has 142 valence electrons. The maximum atomic E-state index is 12.6. The molecule has 1 heterocycles. The van der Waals surface area contributed by atoms with Gasteiger partial charge in [0.05, 0.1) is 12.1 Å². The van der Waals surface area contributed by atoms with Crippen molar-refractivity contribution in [2.24, 2.45) is 0 Å². The number of hydrogen-bond acceptors (Lipinski definition) is 6. The summed E-state index contributed by atoms with van der Waals surface area (Å²) in [4.78, 5) is 32.5. The molecule has 4 N–H and O–H groups in total. The fourth-order valence-electron chi connectivity index (χ4n) is 2.28. The van der Waals surface area contributed by atoms with E-state index >= 15 is 0 Å². The number of hydrogen-bond donors (Lipinski definition) is 4. The summed E-state index contributed by atoms with van der Waals surface area (Å²) in [7, 11) is -1.78. The molecular formula is C17H20BClN4O4. The minimum absolute atomic E-state index is 0.0679. The van der Waals surface area contributed by atoms with E-state index in [1.807, 2.05) is 0 Å². The number of nitrogens with one attached hydrogen (secondary N) is 2. The highest BCUT2D eigenvalue weighted by Gasteiger charge is 2.34. The fourth-order valence-corrected chi connectivity index (χ4v) is 2.40. The predicted molar refractivity (Wildman–Crippen MR) is 101 cm³/mol. The van der Waals surface area contributed by atoms with Crippen LogP contribution in [0.2, 0.25) is 5.02 Å². The monoisotopic (exact) mass is 390 g/mol. The molecule has 1 aromatic heterocycles. The number of benzene rings is 1. The third-order valence-electron chi connectivity index (χ3n) is 3.83. The Labute approximate surface area is 162 Å². The highest BCUT2D eigenvalue weighted by atomic mass is 35.5. The first-order valence-electron chi connectivity index (χ1n) is 8.19. The molecule has 8 nitrogen and oxygen atoms in total. The van der Waals surface area contributed by atoms with Crippen molar-refractivity contribution in [1.82, 2.24) is 20.6 Å². The Morgan fingerprint density at radius 3 is 2.44 bits per heavy atom. The third kappa shape index (κ3) is 6.02. The number of aromatic nitrogens is 2. The maximum Gasteiger partial charge on any atom is 0.475 e.